The van der Waals surface area contributed by atoms with Gasteiger partial charge in [-0.2, -0.15) is 11.8 Å². The average Bonchev–Trinajstić information content (AvgIpc) is 2.80. The fourth-order valence-electron chi connectivity index (χ4n) is 3.15. The molecule has 1 N–H and O–H groups in total. The second-order valence-electron chi connectivity index (χ2n) is 5.84. The van der Waals surface area contributed by atoms with Gasteiger partial charge < -0.3 is 5.32 Å². The van der Waals surface area contributed by atoms with Gasteiger partial charge in [0.05, 0.1) is 0 Å². The molecule has 19 heavy (non-hydrogen) atoms. The first-order valence-electron chi connectivity index (χ1n) is 7.55. The third-order valence-corrected chi connectivity index (χ3v) is 5.41. The number of rotatable bonds is 5. The van der Waals surface area contributed by atoms with Crippen LogP contribution in [0.15, 0.2) is 18.2 Å². The van der Waals surface area contributed by atoms with E-state index in [9.17, 15) is 0 Å². The van der Waals surface area contributed by atoms with Crippen molar-refractivity contribution in [1.82, 2.24) is 5.32 Å². The summed E-state index contributed by atoms with van der Waals surface area (Å²) >= 11 is 2.13. The Labute approximate surface area is 122 Å². The number of aryl methyl sites for hydroxylation is 2. The summed E-state index contributed by atoms with van der Waals surface area (Å²) in [6.07, 6.45) is 4.07. The molecule has 0 amide bonds. The Balaban J connectivity index is 1.94. The molecular formula is C17H27NS. The highest BCUT2D eigenvalue weighted by molar-refractivity contribution is 7.99. The quantitative estimate of drug-likeness (QED) is 0.842. The topological polar surface area (TPSA) is 12.0 Å². The molecule has 0 saturated heterocycles. The molecule has 3 atom stereocenters. The molecular weight excluding hydrogens is 250 g/mol. The summed E-state index contributed by atoms with van der Waals surface area (Å²) in [7, 11) is 0. The summed E-state index contributed by atoms with van der Waals surface area (Å²) in [5, 5.41) is 4.72. The summed E-state index contributed by atoms with van der Waals surface area (Å²) < 4.78 is 0. The summed E-state index contributed by atoms with van der Waals surface area (Å²) in [6, 6.07) is 7.96. The van der Waals surface area contributed by atoms with Crippen LogP contribution in [0.4, 0.5) is 0 Å². The first-order valence-corrected chi connectivity index (χ1v) is 8.59. The highest BCUT2D eigenvalue weighted by Gasteiger charge is 2.25. The molecule has 1 aromatic rings. The van der Waals surface area contributed by atoms with E-state index >= 15 is 0 Å². The van der Waals surface area contributed by atoms with Gasteiger partial charge in [0.25, 0.3) is 0 Å². The molecule has 0 aliphatic heterocycles. The molecule has 2 heteroatoms. The molecule has 0 bridgehead atoms. The van der Waals surface area contributed by atoms with Gasteiger partial charge in [-0.15, -0.1) is 0 Å². The summed E-state index contributed by atoms with van der Waals surface area (Å²) in [6.45, 7) is 8.97. The van der Waals surface area contributed by atoms with Crippen LogP contribution in [0.5, 0.6) is 0 Å². The molecule has 1 saturated carbocycles. The number of benzene rings is 1. The minimum atomic E-state index is 0.468. The van der Waals surface area contributed by atoms with E-state index in [1.807, 2.05) is 0 Å². The van der Waals surface area contributed by atoms with Crippen LogP contribution in [-0.2, 0) is 0 Å². The van der Waals surface area contributed by atoms with Crippen LogP contribution in [0.2, 0.25) is 0 Å². The van der Waals surface area contributed by atoms with E-state index in [1.165, 1.54) is 41.7 Å². The Morgan fingerprint density at radius 3 is 2.84 bits per heavy atom. The van der Waals surface area contributed by atoms with Crippen molar-refractivity contribution in [2.45, 2.75) is 64.3 Å². The van der Waals surface area contributed by atoms with Gasteiger partial charge in [-0.1, -0.05) is 30.7 Å². The predicted molar refractivity (Wildman–Crippen MR) is 87.0 cm³/mol. The van der Waals surface area contributed by atoms with Crippen LogP contribution in [0.25, 0.3) is 0 Å². The second kappa shape index (κ2) is 6.81. The van der Waals surface area contributed by atoms with E-state index in [1.54, 1.807) is 0 Å². The third-order valence-electron chi connectivity index (χ3n) is 4.17. The average molecular weight is 277 g/mol. The standard InChI is InChI=1S/C17H27NS/c1-5-19-16-9-8-15(11-16)18-14(4)17-10-12(2)6-7-13(17)3/h6-7,10,14-16,18H,5,8-9,11H2,1-4H3. The summed E-state index contributed by atoms with van der Waals surface area (Å²) in [4.78, 5) is 0. The minimum absolute atomic E-state index is 0.468. The van der Waals surface area contributed by atoms with Gasteiger partial charge >= 0.3 is 0 Å². The highest BCUT2D eigenvalue weighted by atomic mass is 32.2. The molecule has 1 aliphatic carbocycles. The molecule has 1 fully saturated rings. The lowest BCUT2D eigenvalue weighted by Gasteiger charge is -2.22. The fourth-order valence-corrected chi connectivity index (χ4v) is 4.29. The van der Waals surface area contributed by atoms with Crippen LogP contribution < -0.4 is 5.32 Å². The monoisotopic (exact) mass is 277 g/mol. The van der Waals surface area contributed by atoms with Crippen LogP contribution >= 0.6 is 11.8 Å². The zero-order valence-corrected chi connectivity index (χ0v) is 13.5. The molecule has 106 valence electrons. The molecule has 0 heterocycles. The van der Waals surface area contributed by atoms with E-state index < -0.39 is 0 Å². The lowest BCUT2D eigenvalue weighted by atomic mass is 9.99. The molecule has 0 aromatic heterocycles. The van der Waals surface area contributed by atoms with Crippen molar-refractivity contribution in [2.24, 2.45) is 0 Å². The van der Waals surface area contributed by atoms with Gasteiger partial charge in [0.2, 0.25) is 0 Å². The number of nitrogens with one attached hydrogen (secondary N) is 1. The zero-order valence-electron chi connectivity index (χ0n) is 12.7. The number of hydrogen-bond acceptors (Lipinski definition) is 2. The SMILES string of the molecule is CCSC1CCC(NC(C)c2cc(C)ccc2C)C1. The van der Waals surface area contributed by atoms with E-state index in [2.05, 4.69) is 63.0 Å². The smallest absolute Gasteiger partial charge is 0.0297 e. The molecule has 0 radical (unpaired) electrons. The predicted octanol–water partition coefficient (Wildman–Crippen LogP) is 4.63. The lowest BCUT2D eigenvalue weighted by Crippen LogP contribution is -2.30. The Morgan fingerprint density at radius 2 is 2.11 bits per heavy atom. The first-order chi connectivity index (χ1) is 9.10. The second-order valence-corrected chi connectivity index (χ2v) is 7.41. The minimum Gasteiger partial charge on any atom is -0.307 e. The maximum absolute atomic E-state index is 3.84. The van der Waals surface area contributed by atoms with Crippen LogP contribution in [0.1, 0.15) is 55.8 Å². The lowest BCUT2D eigenvalue weighted by molar-refractivity contribution is 0.461. The van der Waals surface area contributed by atoms with Crippen molar-refractivity contribution in [3.05, 3.63) is 34.9 Å². The third kappa shape index (κ3) is 4.00. The van der Waals surface area contributed by atoms with Crippen LogP contribution in [-0.4, -0.2) is 17.0 Å². The molecule has 1 nitrogen and oxygen atoms in total. The van der Waals surface area contributed by atoms with Crippen molar-refractivity contribution in [3.8, 4) is 0 Å². The highest BCUT2D eigenvalue weighted by Crippen LogP contribution is 2.31. The van der Waals surface area contributed by atoms with Crippen LogP contribution in [0, 0.1) is 13.8 Å². The van der Waals surface area contributed by atoms with Gasteiger partial charge in [-0.3, -0.25) is 0 Å². The Bertz CT molecular complexity index is 416. The van der Waals surface area contributed by atoms with E-state index in [4.69, 9.17) is 0 Å². The van der Waals surface area contributed by atoms with E-state index in [0.717, 1.165) is 5.25 Å². The van der Waals surface area contributed by atoms with Crippen molar-refractivity contribution in [3.63, 3.8) is 0 Å². The van der Waals surface area contributed by atoms with Gasteiger partial charge in [0.1, 0.15) is 0 Å². The Hall–Kier alpha value is -0.470. The largest absolute Gasteiger partial charge is 0.307 e. The van der Waals surface area contributed by atoms with Crippen molar-refractivity contribution < 1.29 is 0 Å². The van der Waals surface area contributed by atoms with Crippen molar-refractivity contribution in [1.29, 1.82) is 0 Å². The Morgan fingerprint density at radius 1 is 1.32 bits per heavy atom. The number of thioether (sulfide) groups is 1. The fraction of sp³-hybridized carbons (Fsp3) is 0.647. The normalized spacial score (nSPS) is 24.6. The first kappa shape index (κ1) is 14.9. The summed E-state index contributed by atoms with van der Waals surface area (Å²) in [5.41, 5.74) is 4.23. The zero-order chi connectivity index (χ0) is 13.8. The van der Waals surface area contributed by atoms with Crippen LogP contribution in [0.3, 0.4) is 0 Å². The molecule has 3 unspecified atom stereocenters. The van der Waals surface area contributed by atoms with Crippen molar-refractivity contribution >= 4 is 11.8 Å². The van der Waals surface area contributed by atoms with E-state index in [-0.39, 0.29) is 0 Å². The van der Waals surface area contributed by atoms with Gasteiger partial charge in [-0.05, 0) is 56.9 Å². The maximum Gasteiger partial charge on any atom is 0.0297 e. The van der Waals surface area contributed by atoms with Crippen molar-refractivity contribution in [2.75, 3.05) is 5.75 Å². The van der Waals surface area contributed by atoms with Gasteiger partial charge in [0.15, 0.2) is 0 Å². The van der Waals surface area contributed by atoms with Gasteiger partial charge in [-0.25, -0.2) is 0 Å². The number of hydrogen-bond donors (Lipinski definition) is 1. The van der Waals surface area contributed by atoms with E-state index in [0.29, 0.717) is 12.1 Å². The maximum atomic E-state index is 3.84. The molecule has 1 aliphatic rings. The molecule has 1 aromatic carbocycles. The van der Waals surface area contributed by atoms with Gasteiger partial charge in [0, 0.05) is 17.3 Å². The Kier molecular flexibility index (Phi) is 5.35. The molecule has 2 rings (SSSR count). The molecule has 0 spiro atoms. The summed E-state index contributed by atoms with van der Waals surface area (Å²) in [5.74, 6) is 1.25.